The monoisotopic (exact) mass is 326 g/mol. The lowest BCUT2D eigenvalue weighted by atomic mass is 9.81. The van der Waals surface area contributed by atoms with Crippen molar-refractivity contribution in [1.29, 1.82) is 0 Å². The molecule has 0 spiro atoms. The van der Waals surface area contributed by atoms with Crippen LogP contribution in [0.25, 0.3) is 0 Å². The molecule has 7 atom stereocenters. The number of esters is 1. The largest absolute Gasteiger partial charge is 0.457 e. The Labute approximate surface area is 136 Å². The van der Waals surface area contributed by atoms with Gasteiger partial charge >= 0.3 is 5.97 Å². The van der Waals surface area contributed by atoms with Crippen LogP contribution in [-0.2, 0) is 19.0 Å². The Balaban J connectivity index is 2.21. The van der Waals surface area contributed by atoms with Gasteiger partial charge in [-0.25, -0.2) is 0 Å². The molecule has 1 heterocycles. The number of aliphatic hydroxyl groups excluding tert-OH is 1. The van der Waals surface area contributed by atoms with Crippen LogP contribution in [0.15, 0.2) is 11.1 Å². The molecule has 0 aromatic heterocycles. The van der Waals surface area contributed by atoms with Gasteiger partial charge in [-0.15, -0.1) is 0 Å². The minimum atomic E-state index is -1.52. The summed E-state index contributed by atoms with van der Waals surface area (Å²) in [7, 11) is 3.12. The molecule has 23 heavy (non-hydrogen) atoms. The van der Waals surface area contributed by atoms with E-state index in [0.717, 1.165) is 12.0 Å². The van der Waals surface area contributed by atoms with E-state index in [2.05, 4.69) is 0 Å². The third-order valence-corrected chi connectivity index (χ3v) is 6.14. The Bertz CT molecular complexity index is 553. The van der Waals surface area contributed by atoms with E-state index in [0.29, 0.717) is 12.0 Å². The highest BCUT2D eigenvalue weighted by Crippen LogP contribution is 2.53. The van der Waals surface area contributed by atoms with Gasteiger partial charge in [-0.2, -0.15) is 0 Å². The van der Waals surface area contributed by atoms with Gasteiger partial charge in [-0.3, -0.25) is 4.79 Å². The molecule has 3 rings (SSSR count). The summed E-state index contributed by atoms with van der Waals surface area (Å²) in [6.45, 7) is 5.36. The van der Waals surface area contributed by atoms with Crippen molar-refractivity contribution in [2.45, 2.75) is 63.1 Å². The Kier molecular flexibility index (Phi) is 3.87. The number of methoxy groups -OCH3 is 2. The summed E-state index contributed by atoms with van der Waals surface area (Å²) in [5.41, 5.74) is -0.919. The molecular formula is C17H26O6. The van der Waals surface area contributed by atoms with Crippen LogP contribution in [0.2, 0.25) is 0 Å². The van der Waals surface area contributed by atoms with E-state index < -0.39 is 29.5 Å². The number of hydrogen-bond acceptors (Lipinski definition) is 6. The highest BCUT2D eigenvalue weighted by atomic mass is 16.6. The van der Waals surface area contributed by atoms with E-state index in [1.165, 1.54) is 7.11 Å². The van der Waals surface area contributed by atoms with Crippen molar-refractivity contribution in [3.63, 3.8) is 0 Å². The fourth-order valence-electron chi connectivity index (χ4n) is 4.53. The molecule has 1 saturated heterocycles. The molecular weight excluding hydrogens is 300 g/mol. The molecule has 0 bridgehead atoms. The van der Waals surface area contributed by atoms with E-state index >= 15 is 0 Å². The van der Waals surface area contributed by atoms with Crippen molar-refractivity contribution < 1.29 is 29.2 Å². The van der Waals surface area contributed by atoms with Crippen molar-refractivity contribution in [2.75, 3.05) is 14.2 Å². The van der Waals surface area contributed by atoms with E-state index in [-0.39, 0.29) is 17.8 Å². The van der Waals surface area contributed by atoms with Crippen LogP contribution in [0.5, 0.6) is 0 Å². The Morgan fingerprint density at radius 1 is 1.26 bits per heavy atom. The van der Waals surface area contributed by atoms with Crippen LogP contribution >= 0.6 is 0 Å². The van der Waals surface area contributed by atoms with Gasteiger partial charge < -0.3 is 24.4 Å². The number of carbonyl (C=O) groups excluding carboxylic acids is 1. The maximum Gasteiger partial charge on any atom is 0.309 e. The maximum absolute atomic E-state index is 12.1. The zero-order chi connectivity index (χ0) is 17.2. The minimum absolute atomic E-state index is 0.0289. The van der Waals surface area contributed by atoms with Crippen molar-refractivity contribution in [2.24, 2.45) is 11.8 Å². The number of hydrogen-bond donors (Lipinski definition) is 2. The molecule has 0 radical (unpaired) electrons. The number of fused-ring (bicyclic) bond motifs is 2. The average Bonchev–Trinajstić information content (AvgIpc) is 2.83. The van der Waals surface area contributed by atoms with Crippen LogP contribution < -0.4 is 0 Å². The van der Waals surface area contributed by atoms with E-state index in [4.69, 9.17) is 14.2 Å². The van der Waals surface area contributed by atoms with Crippen LogP contribution in [0.3, 0.4) is 0 Å². The standard InChI is InChI=1S/C17H26O6/c1-8-9-6-7-16(2,22-5)10-11(12(9)23-15(8)19)17(3,20)14(18)13(10)21-4/h8-9,12-14,18,20H,6-7H2,1-5H3. The van der Waals surface area contributed by atoms with Gasteiger partial charge in [0.15, 0.2) is 0 Å². The Morgan fingerprint density at radius 2 is 1.91 bits per heavy atom. The molecule has 1 aliphatic heterocycles. The topological polar surface area (TPSA) is 85.2 Å². The highest BCUT2D eigenvalue weighted by Gasteiger charge is 2.61. The summed E-state index contributed by atoms with van der Waals surface area (Å²) in [5, 5.41) is 21.6. The second kappa shape index (κ2) is 5.28. The molecule has 130 valence electrons. The summed E-state index contributed by atoms with van der Waals surface area (Å²) >= 11 is 0. The molecule has 2 aliphatic carbocycles. The van der Waals surface area contributed by atoms with Crippen molar-refractivity contribution in [3.8, 4) is 0 Å². The number of rotatable bonds is 2. The van der Waals surface area contributed by atoms with Crippen molar-refractivity contribution in [1.82, 2.24) is 0 Å². The van der Waals surface area contributed by atoms with Crippen molar-refractivity contribution >= 4 is 5.97 Å². The van der Waals surface area contributed by atoms with Gasteiger partial charge in [0, 0.05) is 25.7 Å². The highest BCUT2D eigenvalue weighted by molar-refractivity contribution is 5.76. The summed E-state index contributed by atoms with van der Waals surface area (Å²) in [5.74, 6) is -0.514. The van der Waals surface area contributed by atoms with Gasteiger partial charge in [-0.1, -0.05) is 6.92 Å². The molecule has 7 unspecified atom stereocenters. The van der Waals surface area contributed by atoms with Crippen LogP contribution in [0, 0.1) is 11.8 Å². The van der Waals surface area contributed by atoms with Gasteiger partial charge in [0.2, 0.25) is 0 Å². The molecule has 6 nitrogen and oxygen atoms in total. The number of carbonyl (C=O) groups is 1. The second-order valence-electron chi connectivity index (χ2n) is 7.36. The quantitative estimate of drug-likeness (QED) is 0.577. The molecule has 0 aromatic carbocycles. The smallest absolute Gasteiger partial charge is 0.309 e. The van der Waals surface area contributed by atoms with E-state index in [1.54, 1.807) is 14.0 Å². The molecule has 1 fully saturated rings. The average molecular weight is 326 g/mol. The molecule has 3 aliphatic rings. The lowest BCUT2D eigenvalue weighted by molar-refractivity contribution is -0.144. The SMILES string of the molecule is COC1C2=C(C3OC(=O)C(C)C3CCC2(C)OC)C(C)(O)C1O. The molecule has 2 N–H and O–H groups in total. The summed E-state index contributed by atoms with van der Waals surface area (Å²) < 4.78 is 16.9. The van der Waals surface area contributed by atoms with E-state index in [1.807, 2.05) is 13.8 Å². The summed E-state index contributed by atoms with van der Waals surface area (Å²) in [6, 6.07) is 0. The fourth-order valence-corrected chi connectivity index (χ4v) is 4.53. The summed E-state index contributed by atoms with van der Waals surface area (Å²) in [6.07, 6.45) is -0.919. The maximum atomic E-state index is 12.1. The zero-order valence-electron chi connectivity index (χ0n) is 14.3. The predicted octanol–water partition coefficient (Wildman–Crippen LogP) is 0.800. The number of ether oxygens (including phenoxy) is 3. The van der Waals surface area contributed by atoms with Gasteiger partial charge in [0.1, 0.15) is 23.9 Å². The van der Waals surface area contributed by atoms with Crippen LogP contribution in [0.1, 0.15) is 33.6 Å². The number of aliphatic hydroxyl groups is 2. The first-order valence-corrected chi connectivity index (χ1v) is 8.13. The van der Waals surface area contributed by atoms with Gasteiger partial charge in [0.05, 0.1) is 11.5 Å². The lowest BCUT2D eigenvalue weighted by Gasteiger charge is -2.34. The summed E-state index contributed by atoms with van der Waals surface area (Å²) in [4.78, 5) is 12.1. The van der Waals surface area contributed by atoms with Gasteiger partial charge in [-0.05, 0) is 32.3 Å². The lowest BCUT2D eigenvalue weighted by Crippen LogP contribution is -2.46. The second-order valence-corrected chi connectivity index (χ2v) is 7.36. The zero-order valence-corrected chi connectivity index (χ0v) is 14.3. The third kappa shape index (κ3) is 2.12. The fraction of sp³-hybridized carbons (Fsp3) is 0.824. The third-order valence-electron chi connectivity index (χ3n) is 6.14. The molecule has 0 aromatic rings. The first-order chi connectivity index (χ1) is 10.7. The first kappa shape index (κ1) is 16.9. The van der Waals surface area contributed by atoms with Gasteiger partial charge in [0.25, 0.3) is 0 Å². The Hall–Kier alpha value is -0.950. The molecule has 6 heteroatoms. The Morgan fingerprint density at radius 3 is 2.48 bits per heavy atom. The van der Waals surface area contributed by atoms with Crippen LogP contribution in [0.4, 0.5) is 0 Å². The van der Waals surface area contributed by atoms with Crippen LogP contribution in [-0.4, -0.2) is 59.9 Å². The predicted molar refractivity (Wildman–Crippen MR) is 81.6 cm³/mol. The molecule has 0 saturated carbocycles. The minimum Gasteiger partial charge on any atom is -0.457 e. The normalized spacial score (nSPS) is 49.7. The first-order valence-electron chi connectivity index (χ1n) is 8.13. The van der Waals surface area contributed by atoms with Crippen molar-refractivity contribution in [3.05, 3.63) is 11.1 Å². The molecule has 0 amide bonds. The van der Waals surface area contributed by atoms with E-state index in [9.17, 15) is 15.0 Å².